The standard InChI is InChI=1S/C15H23NO2/c1-6-8-13-11-16(10-9-12(13)7-2)14(17)18-15(3,4)5/h6-8H,1,9-11H2,2-5H3/b12-7-,13-8-. The van der Waals surface area contributed by atoms with Gasteiger partial charge < -0.3 is 9.64 Å². The maximum Gasteiger partial charge on any atom is 0.410 e. The van der Waals surface area contributed by atoms with E-state index in [1.807, 2.05) is 33.8 Å². The SMILES string of the molecule is C=C/C=C1/CN(C(=O)OC(C)(C)C)CC/C1=C/C. The average molecular weight is 249 g/mol. The van der Waals surface area contributed by atoms with Gasteiger partial charge in [0, 0.05) is 13.1 Å². The fourth-order valence-corrected chi connectivity index (χ4v) is 1.92. The number of likely N-dealkylation sites (tertiary alicyclic amines) is 1. The zero-order valence-corrected chi connectivity index (χ0v) is 11.8. The smallest absolute Gasteiger partial charge is 0.410 e. The Kier molecular flexibility index (Phi) is 4.76. The van der Waals surface area contributed by atoms with Gasteiger partial charge in [0.15, 0.2) is 0 Å². The second-order valence-corrected chi connectivity index (χ2v) is 5.39. The minimum absolute atomic E-state index is 0.243. The third kappa shape index (κ3) is 4.06. The number of amides is 1. The fourth-order valence-electron chi connectivity index (χ4n) is 1.92. The molecule has 0 aromatic heterocycles. The van der Waals surface area contributed by atoms with Gasteiger partial charge in [-0.2, -0.15) is 0 Å². The third-order valence-electron chi connectivity index (χ3n) is 2.74. The summed E-state index contributed by atoms with van der Waals surface area (Å²) < 4.78 is 5.39. The molecule has 3 nitrogen and oxygen atoms in total. The Balaban J connectivity index is 2.75. The first-order chi connectivity index (χ1) is 8.37. The number of hydrogen-bond donors (Lipinski definition) is 0. The van der Waals surface area contributed by atoms with Crippen molar-refractivity contribution in [3.8, 4) is 0 Å². The lowest BCUT2D eigenvalue weighted by Crippen LogP contribution is -2.41. The summed E-state index contributed by atoms with van der Waals surface area (Å²) in [4.78, 5) is 13.7. The van der Waals surface area contributed by atoms with Crippen molar-refractivity contribution in [3.63, 3.8) is 0 Å². The number of allylic oxidation sites excluding steroid dienone is 3. The van der Waals surface area contributed by atoms with Crippen LogP contribution in [-0.4, -0.2) is 29.7 Å². The van der Waals surface area contributed by atoms with Crippen LogP contribution in [0, 0.1) is 0 Å². The van der Waals surface area contributed by atoms with Crippen LogP contribution in [0.1, 0.15) is 34.1 Å². The van der Waals surface area contributed by atoms with Gasteiger partial charge in [-0.05, 0) is 45.3 Å². The summed E-state index contributed by atoms with van der Waals surface area (Å²) in [5, 5.41) is 0. The molecule has 1 amide bonds. The molecule has 0 radical (unpaired) electrons. The molecule has 1 saturated heterocycles. The van der Waals surface area contributed by atoms with Gasteiger partial charge in [-0.15, -0.1) is 0 Å². The number of hydrogen-bond acceptors (Lipinski definition) is 2. The third-order valence-corrected chi connectivity index (χ3v) is 2.74. The Morgan fingerprint density at radius 1 is 1.39 bits per heavy atom. The van der Waals surface area contributed by atoms with Crippen LogP contribution in [0.5, 0.6) is 0 Å². The van der Waals surface area contributed by atoms with Crippen molar-refractivity contribution in [2.24, 2.45) is 0 Å². The molecule has 1 rings (SSSR count). The molecular weight excluding hydrogens is 226 g/mol. The van der Waals surface area contributed by atoms with Gasteiger partial charge >= 0.3 is 6.09 Å². The van der Waals surface area contributed by atoms with Crippen molar-refractivity contribution < 1.29 is 9.53 Å². The quantitative estimate of drug-likeness (QED) is 0.709. The highest BCUT2D eigenvalue weighted by Crippen LogP contribution is 2.23. The molecule has 0 N–H and O–H groups in total. The Hall–Kier alpha value is -1.51. The molecule has 1 fully saturated rings. The van der Waals surface area contributed by atoms with Crippen LogP contribution in [0.2, 0.25) is 0 Å². The van der Waals surface area contributed by atoms with Crippen LogP contribution in [0.4, 0.5) is 4.79 Å². The minimum atomic E-state index is -0.444. The largest absolute Gasteiger partial charge is 0.444 e. The Bertz CT molecular complexity index is 386. The molecule has 3 heteroatoms. The van der Waals surface area contributed by atoms with Crippen LogP contribution in [0.3, 0.4) is 0 Å². The van der Waals surface area contributed by atoms with E-state index in [2.05, 4.69) is 12.7 Å². The first-order valence-corrected chi connectivity index (χ1v) is 6.32. The van der Waals surface area contributed by atoms with Crippen LogP contribution in [0.15, 0.2) is 36.0 Å². The lowest BCUT2D eigenvalue weighted by molar-refractivity contribution is 0.0259. The molecule has 0 aliphatic carbocycles. The van der Waals surface area contributed by atoms with E-state index in [4.69, 9.17) is 4.74 Å². The molecule has 1 heterocycles. The Morgan fingerprint density at radius 2 is 2.06 bits per heavy atom. The first-order valence-electron chi connectivity index (χ1n) is 6.32. The second-order valence-electron chi connectivity index (χ2n) is 5.39. The van der Waals surface area contributed by atoms with Crippen molar-refractivity contribution in [2.45, 2.75) is 39.7 Å². The predicted octanol–water partition coefficient (Wildman–Crippen LogP) is 3.69. The molecule has 0 aromatic carbocycles. The molecule has 18 heavy (non-hydrogen) atoms. The van der Waals surface area contributed by atoms with Crippen LogP contribution >= 0.6 is 0 Å². The van der Waals surface area contributed by atoms with Crippen LogP contribution in [-0.2, 0) is 4.74 Å². The van der Waals surface area contributed by atoms with Crippen LogP contribution < -0.4 is 0 Å². The van der Waals surface area contributed by atoms with E-state index in [0.29, 0.717) is 13.1 Å². The van der Waals surface area contributed by atoms with E-state index in [0.717, 1.165) is 12.0 Å². The van der Waals surface area contributed by atoms with E-state index < -0.39 is 5.60 Å². The fraction of sp³-hybridized carbons (Fsp3) is 0.533. The lowest BCUT2D eigenvalue weighted by Gasteiger charge is -2.32. The Labute approximate surface area is 110 Å². The van der Waals surface area contributed by atoms with Gasteiger partial charge in [-0.3, -0.25) is 0 Å². The highest BCUT2D eigenvalue weighted by Gasteiger charge is 2.26. The lowest BCUT2D eigenvalue weighted by atomic mass is 9.97. The summed E-state index contributed by atoms with van der Waals surface area (Å²) in [5.74, 6) is 0. The Morgan fingerprint density at radius 3 is 2.56 bits per heavy atom. The number of carbonyl (C=O) groups excluding carboxylic acids is 1. The summed E-state index contributed by atoms with van der Waals surface area (Å²) in [5.41, 5.74) is 1.99. The van der Waals surface area contributed by atoms with Crippen molar-refractivity contribution in [1.29, 1.82) is 0 Å². The number of rotatable bonds is 1. The van der Waals surface area contributed by atoms with Crippen molar-refractivity contribution in [2.75, 3.05) is 13.1 Å². The summed E-state index contributed by atoms with van der Waals surface area (Å²) in [6.45, 7) is 12.7. The number of carbonyl (C=O) groups is 1. The summed E-state index contributed by atoms with van der Waals surface area (Å²) in [6, 6.07) is 0. The predicted molar refractivity (Wildman–Crippen MR) is 74.5 cm³/mol. The van der Waals surface area contributed by atoms with E-state index in [1.165, 1.54) is 5.57 Å². The zero-order chi connectivity index (χ0) is 13.8. The molecule has 0 aromatic rings. The molecule has 1 aliphatic rings. The highest BCUT2D eigenvalue weighted by molar-refractivity contribution is 5.69. The molecule has 0 bridgehead atoms. The highest BCUT2D eigenvalue weighted by atomic mass is 16.6. The van der Waals surface area contributed by atoms with E-state index in [-0.39, 0.29) is 6.09 Å². The van der Waals surface area contributed by atoms with Crippen LogP contribution in [0.25, 0.3) is 0 Å². The topological polar surface area (TPSA) is 29.5 Å². The second kappa shape index (κ2) is 5.89. The molecule has 0 unspecified atom stereocenters. The number of piperidine rings is 1. The number of ether oxygens (including phenoxy) is 1. The average Bonchev–Trinajstić information content (AvgIpc) is 2.27. The van der Waals surface area contributed by atoms with Gasteiger partial charge in [-0.1, -0.05) is 24.8 Å². The molecule has 0 spiro atoms. The van der Waals surface area contributed by atoms with Crippen molar-refractivity contribution in [3.05, 3.63) is 36.0 Å². The summed E-state index contributed by atoms with van der Waals surface area (Å²) >= 11 is 0. The van der Waals surface area contributed by atoms with Gasteiger partial charge in [-0.25, -0.2) is 4.79 Å². The maximum absolute atomic E-state index is 12.0. The van der Waals surface area contributed by atoms with Gasteiger partial charge in [0.25, 0.3) is 0 Å². The zero-order valence-electron chi connectivity index (χ0n) is 11.8. The normalized spacial score (nSPS) is 21.2. The molecule has 100 valence electrons. The molecular formula is C15H23NO2. The van der Waals surface area contributed by atoms with Gasteiger partial charge in [0.2, 0.25) is 0 Å². The van der Waals surface area contributed by atoms with Crippen molar-refractivity contribution in [1.82, 2.24) is 4.90 Å². The molecule has 0 saturated carbocycles. The molecule has 0 atom stereocenters. The summed E-state index contributed by atoms with van der Waals surface area (Å²) in [7, 11) is 0. The maximum atomic E-state index is 12.0. The summed E-state index contributed by atoms with van der Waals surface area (Å²) in [6.07, 6.45) is 6.45. The van der Waals surface area contributed by atoms with Gasteiger partial charge in [0.1, 0.15) is 5.60 Å². The van der Waals surface area contributed by atoms with Crippen molar-refractivity contribution >= 4 is 6.09 Å². The first kappa shape index (κ1) is 14.6. The minimum Gasteiger partial charge on any atom is -0.444 e. The molecule has 1 aliphatic heterocycles. The van der Waals surface area contributed by atoms with E-state index in [9.17, 15) is 4.79 Å². The monoisotopic (exact) mass is 249 g/mol. The van der Waals surface area contributed by atoms with E-state index >= 15 is 0 Å². The van der Waals surface area contributed by atoms with Gasteiger partial charge in [0.05, 0.1) is 0 Å². The number of nitrogens with zero attached hydrogens (tertiary/aromatic N) is 1. The van der Waals surface area contributed by atoms with E-state index in [1.54, 1.807) is 11.0 Å².